The van der Waals surface area contributed by atoms with Crippen LogP contribution in [0.2, 0.25) is 5.02 Å². The summed E-state index contributed by atoms with van der Waals surface area (Å²) < 4.78 is 5.35. The summed E-state index contributed by atoms with van der Waals surface area (Å²) in [6, 6.07) is 5.47. The molecule has 1 rings (SSSR count). The molecule has 0 aliphatic rings. The molecule has 0 amide bonds. The van der Waals surface area contributed by atoms with Gasteiger partial charge in [-0.1, -0.05) is 24.2 Å². The van der Waals surface area contributed by atoms with Crippen molar-refractivity contribution in [1.29, 1.82) is 0 Å². The monoisotopic (exact) mass is 225 g/mol. The van der Waals surface area contributed by atoms with Gasteiger partial charge in [0, 0.05) is 7.11 Å². The quantitative estimate of drug-likeness (QED) is 0.801. The van der Waals surface area contributed by atoms with Crippen molar-refractivity contribution in [3.8, 4) is 0 Å². The van der Waals surface area contributed by atoms with E-state index in [4.69, 9.17) is 22.1 Å². The van der Waals surface area contributed by atoms with E-state index in [1.54, 1.807) is 13.2 Å². The number of benzene rings is 1. The summed E-state index contributed by atoms with van der Waals surface area (Å²) in [4.78, 5) is 0. The fourth-order valence-electron chi connectivity index (χ4n) is 1.20. The van der Waals surface area contributed by atoms with Crippen LogP contribution in [0.4, 0.5) is 5.69 Å². The predicted molar refractivity (Wildman–Crippen MR) is 66.0 cm³/mol. The van der Waals surface area contributed by atoms with Crippen LogP contribution in [0, 0.1) is 0 Å². The maximum Gasteiger partial charge on any atom is 0.0871 e. The number of nitrogens with two attached hydrogens (primary N) is 1. The summed E-state index contributed by atoms with van der Waals surface area (Å²) in [5.74, 6) is 0. The fourth-order valence-corrected chi connectivity index (χ4v) is 1.32. The number of rotatable bonds is 3. The molecule has 1 aromatic carbocycles. The topological polar surface area (TPSA) is 35.2 Å². The Morgan fingerprint density at radius 2 is 2.07 bits per heavy atom. The fraction of sp³-hybridized carbons (Fsp3) is 0.333. The number of methoxy groups -OCH3 is 1. The van der Waals surface area contributed by atoms with Crippen molar-refractivity contribution >= 4 is 22.9 Å². The number of nitrogen functional groups attached to an aromatic ring is 1. The average molecular weight is 226 g/mol. The van der Waals surface area contributed by atoms with Crippen molar-refractivity contribution in [3.63, 3.8) is 0 Å². The summed E-state index contributed by atoms with van der Waals surface area (Å²) in [5.41, 5.74) is 7.72. The summed E-state index contributed by atoms with van der Waals surface area (Å²) in [6.45, 7) is 7.93. The Morgan fingerprint density at radius 3 is 2.53 bits per heavy atom. The summed E-state index contributed by atoms with van der Waals surface area (Å²) in [5, 5.41) is 0.557. The Labute approximate surface area is 95.7 Å². The Kier molecular flexibility index (Phi) is 3.42. The van der Waals surface area contributed by atoms with Crippen molar-refractivity contribution in [2.24, 2.45) is 0 Å². The lowest BCUT2D eigenvalue weighted by Gasteiger charge is -2.26. The Hall–Kier alpha value is -0.990. The van der Waals surface area contributed by atoms with E-state index in [0.29, 0.717) is 10.7 Å². The normalized spacial score (nSPS) is 11.5. The lowest BCUT2D eigenvalue weighted by atomic mass is 9.92. The zero-order chi connectivity index (χ0) is 11.6. The first-order valence-electron chi connectivity index (χ1n) is 4.68. The molecule has 1 aromatic rings. The highest BCUT2D eigenvalue weighted by Gasteiger charge is 2.22. The number of ether oxygens (including phenoxy) is 1. The zero-order valence-corrected chi connectivity index (χ0v) is 10.1. The lowest BCUT2D eigenvalue weighted by molar-refractivity contribution is 0.0747. The smallest absolute Gasteiger partial charge is 0.0871 e. The van der Waals surface area contributed by atoms with E-state index in [9.17, 15) is 0 Å². The highest BCUT2D eigenvalue weighted by atomic mass is 35.5. The van der Waals surface area contributed by atoms with Gasteiger partial charge in [-0.2, -0.15) is 0 Å². The van der Waals surface area contributed by atoms with Crippen LogP contribution >= 0.6 is 11.6 Å². The first-order chi connectivity index (χ1) is 6.88. The van der Waals surface area contributed by atoms with Gasteiger partial charge in [-0.25, -0.2) is 0 Å². The molecule has 15 heavy (non-hydrogen) atoms. The minimum absolute atomic E-state index is 0.403. The molecule has 2 nitrogen and oxygen atoms in total. The highest BCUT2D eigenvalue weighted by Crippen LogP contribution is 2.30. The van der Waals surface area contributed by atoms with Gasteiger partial charge in [0.1, 0.15) is 0 Å². The van der Waals surface area contributed by atoms with Gasteiger partial charge in [0.2, 0.25) is 0 Å². The van der Waals surface area contributed by atoms with Gasteiger partial charge in [0.25, 0.3) is 0 Å². The molecule has 82 valence electrons. The van der Waals surface area contributed by atoms with Crippen LogP contribution in [0.25, 0.3) is 5.57 Å². The number of anilines is 1. The van der Waals surface area contributed by atoms with E-state index in [0.717, 1.165) is 11.1 Å². The van der Waals surface area contributed by atoms with Gasteiger partial charge in [-0.05, 0) is 37.1 Å². The second kappa shape index (κ2) is 4.25. The van der Waals surface area contributed by atoms with Gasteiger partial charge in [-0.3, -0.25) is 0 Å². The maximum absolute atomic E-state index is 5.85. The molecule has 0 atom stereocenters. The third-order valence-electron chi connectivity index (χ3n) is 2.58. The number of hydrogen-bond acceptors (Lipinski definition) is 2. The van der Waals surface area contributed by atoms with Crippen LogP contribution < -0.4 is 5.73 Å². The molecule has 0 aromatic heterocycles. The maximum atomic E-state index is 5.85. The van der Waals surface area contributed by atoms with Crippen LogP contribution in [0.3, 0.4) is 0 Å². The van der Waals surface area contributed by atoms with Crippen molar-refractivity contribution < 1.29 is 4.74 Å². The molecule has 0 unspecified atom stereocenters. The van der Waals surface area contributed by atoms with Crippen molar-refractivity contribution in [2.75, 3.05) is 12.8 Å². The molecule has 0 heterocycles. The molecular weight excluding hydrogens is 210 g/mol. The van der Waals surface area contributed by atoms with Gasteiger partial charge in [0.15, 0.2) is 0 Å². The molecule has 0 fully saturated rings. The van der Waals surface area contributed by atoms with E-state index >= 15 is 0 Å². The Morgan fingerprint density at radius 1 is 1.47 bits per heavy atom. The standard InChI is InChI=1S/C12H16ClNO/c1-8(12(2,3)15-4)9-5-6-10(13)11(14)7-9/h5-7H,1,14H2,2-4H3. The Balaban J connectivity index is 3.08. The van der Waals surface area contributed by atoms with Gasteiger partial charge in [0.05, 0.1) is 16.3 Å². The first kappa shape index (κ1) is 12.1. The molecule has 0 spiro atoms. The minimum Gasteiger partial charge on any atom is -0.398 e. The molecule has 0 bridgehead atoms. The van der Waals surface area contributed by atoms with Gasteiger partial charge in [-0.15, -0.1) is 0 Å². The highest BCUT2D eigenvalue weighted by molar-refractivity contribution is 6.33. The summed E-state index contributed by atoms with van der Waals surface area (Å²) in [6.07, 6.45) is 0. The van der Waals surface area contributed by atoms with E-state index in [1.807, 2.05) is 26.0 Å². The molecule has 0 radical (unpaired) electrons. The van der Waals surface area contributed by atoms with Crippen LogP contribution in [0.1, 0.15) is 19.4 Å². The molecule has 3 heteroatoms. The molecule has 0 saturated heterocycles. The van der Waals surface area contributed by atoms with Crippen molar-refractivity contribution in [3.05, 3.63) is 35.4 Å². The minimum atomic E-state index is -0.403. The second-order valence-electron chi connectivity index (χ2n) is 3.93. The third kappa shape index (κ3) is 2.52. The van der Waals surface area contributed by atoms with Gasteiger partial charge < -0.3 is 10.5 Å². The third-order valence-corrected chi connectivity index (χ3v) is 2.93. The van der Waals surface area contributed by atoms with E-state index in [2.05, 4.69) is 6.58 Å². The van der Waals surface area contributed by atoms with Crippen LogP contribution in [-0.2, 0) is 4.74 Å². The van der Waals surface area contributed by atoms with E-state index < -0.39 is 5.60 Å². The summed E-state index contributed by atoms with van der Waals surface area (Å²) >= 11 is 5.85. The largest absolute Gasteiger partial charge is 0.398 e. The molecular formula is C12H16ClNO. The van der Waals surface area contributed by atoms with E-state index in [-0.39, 0.29) is 0 Å². The van der Waals surface area contributed by atoms with Crippen LogP contribution in [-0.4, -0.2) is 12.7 Å². The second-order valence-corrected chi connectivity index (χ2v) is 4.34. The lowest BCUT2D eigenvalue weighted by Crippen LogP contribution is -2.23. The molecule has 0 aliphatic heterocycles. The molecule has 0 saturated carbocycles. The Bertz CT molecular complexity index is 385. The number of hydrogen-bond donors (Lipinski definition) is 1. The van der Waals surface area contributed by atoms with Gasteiger partial charge >= 0.3 is 0 Å². The first-order valence-corrected chi connectivity index (χ1v) is 5.06. The van der Waals surface area contributed by atoms with E-state index in [1.165, 1.54) is 0 Å². The van der Waals surface area contributed by atoms with Crippen molar-refractivity contribution in [2.45, 2.75) is 19.4 Å². The molecule has 0 aliphatic carbocycles. The molecule has 2 N–H and O–H groups in total. The number of halogens is 1. The van der Waals surface area contributed by atoms with Crippen LogP contribution in [0.15, 0.2) is 24.8 Å². The predicted octanol–water partition coefficient (Wildman–Crippen LogP) is 3.36. The zero-order valence-electron chi connectivity index (χ0n) is 9.30. The average Bonchev–Trinajstić information content (AvgIpc) is 2.21. The SMILES string of the molecule is C=C(c1ccc(Cl)c(N)c1)C(C)(C)OC. The van der Waals surface area contributed by atoms with Crippen molar-refractivity contribution in [1.82, 2.24) is 0 Å². The van der Waals surface area contributed by atoms with Crippen LogP contribution in [0.5, 0.6) is 0 Å². The summed E-state index contributed by atoms with van der Waals surface area (Å²) in [7, 11) is 1.66.